The zero-order valence-corrected chi connectivity index (χ0v) is 17.3. The summed E-state index contributed by atoms with van der Waals surface area (Å²) in [5.74, 6) is -0.0490. The number of anilines is 1. The number of nitrogen functional groups attached to an aromatic ring is 1. The maximum absolute atomic E-state index is 12.0. The van der Waals surface area contributed by atoms with Gasteiger partial charge in [0.05, 0.1) is 6.61 Å². The topological polar surface area (TPSA) is 195 Å². The van der Waals surface area contributed by atoms with Crippen molar-refractivity contribution in [3.8, 4) is 0 Å². The van der Waals surface area contributed by atoms with Crippen molar-refractivity contribution in [3.63, 3.8) is 0 Å². The number of aliphatic hydroxyl groups is 2. The maximum atomic E-state index is 12.0. The van der Waals surface area contributed by atoms with Crippen LogP contribution in [0.4, 0.5) is 10.6 Å². The molecule has 0 amide bonds. The monoisotopic (exact) mass is 440 g/mol. The number of carbonyl (C=O) groups excluding carboxylic acids is 1. The Balaban J connectivity index is 1.96. The molecular weight excluding hydrogens is 412 g/mol. The van der Waals surface area contributed by atoms with Crippen LogP contribution in [0.5, 0.6) is 0 Å². The quantitative estimate of drug-likeness (QED) is 0.150. The Morgan fingerprint density at radius 2 is 2.06 bits per heavy atom. The van der Waals surface area contributed by atoms with Crippen LogP contribution in [0.25, 0.3) is 10.4 Å². The van der Waals surface area contributed by atoms with Gasteiger partial charge in [-0.1, -0.05) is 44.1 Å². The molecule has 13 nitrogen and oxygen atoms in total. The molecule has 1 aliphatic rings. The van der Waals surface area contributed by atoms with Crippen LogP contribution in [0.3, 0.4) is 0 Å². The molecule has 1 aromatic rings. The molecule has 0 radical (unpaired) electrons. The largest absolute Gasteiger partial charge is 0.508 e. The molecule has 0 bridgehead atoms. The summed E-state index contributed by atoms with van der Waals surface area (Å²) in [6, 6.07) is 1.29. The summed E-state index contributed by atoms with van der Waals surface area (Å²) in [5, 5.41) is 24.1. The molecule has 0 unspecified atom stereocenters. The van der Waals surface area contributed by atoms with E-state index < -0.39 is 42.6 Å². The van der Waals surface area contributed by atoms with E-state index in [1.54, 1.807) is 0 Å². The lowest BCUT2D eigenvalue weighted by molar-refractivity contribution is -0.131. The number of rotatable bonds is 11. The van der Waals surface area contributed by atoms with Crippen LogP contribution in [0.1, 0.15) is 51.7 Å². The van der Waals surface area contributed by atoms with Crippen LogP contribution in [0.2, 0.25) is 0 Å². The number of nitrogens with zero attached hydrogens (tertiary/aromatic N) is 5. The van der Waals surface area contributed by atoms with Gasteiger partial charge in [-0.05, 0) is 18.0 Å². The minimum atomic E-state index is -2.17. The first-order chi connectivity index (χ1) is 14.8. The van der Waals surface area contributed by atoms with E-state index in [9.17, 15) is 19.8 Å². The van der Waals surface area contributed by atoms with E-state index >= 15 is 0 Å². The van der Waals surface area contributed by atoms with Crippen LogP contribution in [0.15, 0.2) is 22.2 Å². The molecule has 31 heavy (non-hydrogen) atoms. The zero-order valence-electron chi connectivity index (χ0n) is 17.3. The molecule has 2 rings (SSSR count). The van der Waals surface area contributed by atoms with Crippen molar-refractivity contribution in [2.24, 2.45) is 5.11 Å². The summed E-state index contributed by atoms with van der Waals surface area (Å²) in [5.41, 5.74) is 11.3. The molecular formula is C18H28N6O7. The summed E-state index contributed by atoms with van der Waals surface area (Å²) < 4.78 is 16.2. The van der Waals surface area contributed by atoms with E-state index in [1.165, 1.54) is 12.3 Å². The maximum Gasteiger partial charge on any atom is 0.508 e. The second-order valence-corrected chi connectivity index (χ2v) is 7.18. The van der Waals surface area contributed by atoms with Gasteiger partial charge in [-0.2, -0.15) is 4.98 Å². The molecule has 0 spiro atoms. The molecule has 172 valence electrons. The Kier molecular flexibility index (Phi) is 9.06. The third-order valence-corrected chi connectivity index (χ3v) is 4.86. The number of nitrogens with two attached hydrogens (primary N) is 1. The first-order valence-corrected chi connectivity index (χ1v) is 10.1. The lowest BCUT2D eigenvalue weighted by Crippen LogP contribution is -2.45. The molecule has 1 fully saturated rings. The second kappa shape index (κ2) is 11.5. The molecule has 0 aromatic carbocycles. The fraction of sp³-hybridized carbons (Fsp3) is 0.722. The number of unbranched alkanes of at least 4 members (excludes halogenated alkanes) is 5. The Morgan fingerprint density at radius 3 is 2.74 bits per heavy atom. The number of aliphatic hydroxyl groups excluding tert-OH is 2. The Hall–Kier alpha value is -2.86. The zero-order chi connectivity index (χ0) is 22.9. The highest BCUT2D eigenvalue weighted by atomic mass is 16.7. The second-order valence-electron chi connectivity index (χ2n) is 7.18. The number of hydrogen-bond acceptors (Lipinski definition) is 10. The van der Waals surface area contributed by atoms with Crippen molar-refractivity contribution in [1.82, 2.24) is 9.55 Å². The average molecular weight is 440 g/mol. The Labute approximate surface area is 178 Å². The third kappa shape index (κ3) is 6.31. The van der Waals surface area contributed by atoms with Crippen LogP contribution >= 0.6 is 0 Å². The summed E-state index contributed by atoms with van der Waals surface area (Å²) in [6.07, 6.45) is 1.29. The van der Waals surface area contributed by atoms with Crippen molar-refractivity contribution in [3.05, 3.63) is 33.2 Å². The van der Waals surface area contributed by atoms with E-state index in [2.05, 4.69) is 21.9 Å². The van der Waals surface area contributed by atoms with Crippen LogP contribution in [-0.4, -0.2) is 57.1 Å². The standard InChI is InChI=1S/C18H28N6O7/c1-2-3-4-5-6-7-10-29-17(28)30-11-18(22-23-20)14(26)13(25)15(31-18)24-9-8-12(19)21-16(24)27/h8-9,13-15,25-26H,2-7,10-11H2,1H3,(H2,19,21,27)/t13-,14+,15+,18-/m1/s1. The van der Waals surface area contributed by atoms with E-state index in [1.807, 2.05) is 0 Å². The van der Waals surface area contributed by atoms with Gasteiger partial charge in [0.25, 0.3) is 0 Å². The van der Waals surface area contributed by atoms with Gasteiger partial charge in [0.1, 0.15) is 24.6 Å². The number of carbonyl (C=O) groups is 1. The lowest BCUT2D eigenvalue weighted by Gasteiger charge is -2.25. The highest BCUT2D eigenvalue weighted by Crippen LogP contribution is 2.38. The van der Waals surface area contributed by atoms with Crippen molar-refractivity contribution in [1.29, 1.82) is 0 Å². The van der Waals surface area contributed by atoms with Gasteiger partial charge in [0, 0.05) is 11.1 Å². The van der Waals surface area contributed by atoms with Crippen LogP contribution in [0, 0.1) is 0 Å². The summed E-state index contributed by atoms with van der Waals surface area (Å²) in [4.78, 5) is 30.0. The minimum absolute atomic E-state index is 0.0490. The SMILES string of the molecule is CCCCCCCCOC(=O)OC[C@@]1(N=[N+]=[N-])O[C@H](n2ccc(N)nc2=O)[C@H](O)[C@@H]1O. The molecule has 0 aliphatic carbocycles. The van der Waals surface area contributed by atoms with Crippen molar-refractivity contribution >= 4 is 12.0 Å². The van der Waals surface area contributed by atoms with Gasteiger partial charge in [-0.15, -0.1) is 0 Å². The molecule has 1 aromatic heterocycles. The predicted octanol–water partition coefficient (Wildman–Crippen LogP) is 1.60. The van der Waals surface area contributed by atoms with Crippen molar-refractivity contribution in [2.45, 2.75) is 69.6 Å². The average Bonchev–Trinajstić information content (AvgIpc) is 2.97. The highest BCUT2D eigenvalue weighted by molar-refractivity contribution is 5.59. The number of hydrogen-bond donors (Lipinski definition) is 3. The molecule has 1 aliphatic heterocycles. The highest BCUT2D eigenvalue weighted by Gasteiger charge is 2.56. The first-order valence-electron chi connectivity index (χ1n) is 10.1. The third-order valence-electron chi connectivity index (χ3n) is 4.86. The summed E-state index contributed by atoms with van der Waals surface area (Å²) in [7, 11) is 0. The number of aromatic nitrogens is 2. The van der Waals surface area contributed by atoms with E-state index in [4.69, 9.17) is 25.5 Å². The van der Waals surface area contributed by atoms with Crippen molar-refractivity contribution in [2.75, 3.05) is 18.9 Å². The van der Waals surface area contributed by atoms with E-state index in [0.29, 0.717) is 6.42 Å². The van der Waals surface area contributed by atoms with Crippen LogP contribution in [-0.2, 0) is 14.2 Å². The molecule has 13 heteroatoms. The fourth-order valence-electron chi connectivity index (χ4n) is 3.16. The van der Waals surface area contributed by atoms with E-state index in [-0.39, 0.29) is 12.4 Å². The minimum Gasteiger partial charge on any atom is -0.434 e. The summed E-state index contributed by atoms with van der Waals surface area (Å²) in [6.45, 7) is 1.54. The normalized spacial score (nSPS) is 25.1. The van der Waals surface area contributed by atoms with Gasteiger partial charge in [0.15, 0.2) is 6.23 Å². The Bertz CT molecular complexity index is 843. The Morgan fingerprint density at radius 1 is 1.35 bits per heavy atom. The van der Waals surface area contributed by atoms with Gasteiger partial charge >= 0.3 is 11.8 Å². The smallest absolute Gasteiger partial charge is 0.434 e. The summed E-state index contributed by atoms with van der Waals surface area (Å²) >= 11 is 0. The van der Waals surface area contributed by atoms with Gasteiger partial charge in [-0.25, -0.2) is 9.59 Å². The molecule has 0 saturated carbocycles. The van der Waals surface area contributed by atoms with Gasteiger partial charge < -0.3 is 30.2 Å². The van der Waals surface area contributed by atoms with E-state index in [0.717, 1.165) is 36.7 Å². The first kappa shape index (κ1) is 24.4. The van der Waals surface area contributed by atoms with Crippen LogP contribution < -0.4 is 11.4 Å². The molecule has 4 N–H and O–H groups in total. The van der Waals surface area contributed by atoms with Gasteiger partial charge in [0.2, 0.25) is 5.72 Å². The predicted molar refractivity (Wildman–Crippen MR) is 108 cm³/mol. The molecule has 4 atom stereocenters. The van der Waals surface area contributed by atoms with Crippen molar-refractivity contribution < 1.29 is 29.2 Å². The molecule has 1 saturated heterocycles. The lowest BCUT2D eigenvalue weighted by atomic mass is 10.1. The fourth-order valence-corrected chi connectivity index (χ4v) is 3.16. The number of ether oxygens (including phenoxy) is 3. The number of azide groups is 1. The molecule has 2 heterocycles. The van der Waals surface area contributed by atoms with Gasteiger partial charge in [-0.3, -0.25) is 4.57 Å².